The number of ether oxygens (including phenoxy) is 4. The molecule has 194 valence electrons. The van der Waals surface area contributed by atoms with Crippen LogP contribution in [-0.2, 0) is 4.74 Å². The second kappa shape index (κ2) is 8.62. The van der Waals surface area contributed by atoms with Crippen molar-refractivity contribution in [2.45, 2.75) is 31.3 Å². The summed E-state index contributed by atoms with van der Waals surface area (Å²) < 4.78 is 23.1. The molecule has 0 radical (unpaired) electrons. The molecule has 5 aromatic rings. The van der Waals surface area contributed by atoms with Crippen molar-refractivity contribution in [1.29, 1.82) is 0 Å². The van der Waals surface area contributed by atoms with Gasteiger partial charge in [-0.15, -0.1) is 0 Å². The SMILES string of the molecule is COC1=CN2C(CCCC2c2ncc(OC)c3c2[nH]c2c(OC)cccc23)c2[nH]c3c(OC)cccc3c21. The second-order valence-corrected chi connectivity index (χ2v) is 9.87. The molecule has 2 aliphatic heterocycles. The third-order valence-corrected chi connectivity index (χ3v) is 8.16. The maximum absolute atomic E-state index is 5.99. The minimum atomic E-state index is 0.0489. The molecular formula is C30H30N4O4. The van der Waals surface area contributed by atoms with E-state index < -0.39 is 0 Å². The zero-order valence-corrected chi connectivity index (χ0v) is 21.9. The van der Waals surface area contributed by atoms with E-state index in [1.807, 2.05) is 30.5 Å². The molecular weight excluding hydrogens is 480 g/mol. The first-order chi connectivity index (χ1) is 18.7. The van der Waals surface area contributed by atoms with Crippen LogP contribution >= 0.6 is 0 Å². The van der Waals surface area contributed by atoms with Gasteiger partial charge in [0.1, 0.15) is 23.0 Å². The molecule has 5 heterocycles. The number of aromatic amines is 2. The Kier molecular flexibility index (Phi) is 5.18. The maximum Gasteiger partial charge on any atom is 0.147 e. The minimum absolute atomic E-state index is 0.0489. The van der Waals surface area contributed by atoms with Gasteiger partial charge in [-0.05, 0) is 31.4 Å². The van der Waals surface area contributed by atoms with Gasteiger partial charge >= 0.3 is 0 Å². The Morgan fingerprint density at radius 3 is 2.16 bits per heavy atom. The first kappa shape index (κ1) is 22.8. The lowest BCUT2D eigenvalue weighted by Gasteiger charge is -2.44. The lowest BCUT2D eigenvalue weighted by Crippen LogP contribution is -2.36. The van der Waals surface area contributed by atoms with E-state index in [9.17, 15) is 0 Å². The fourth-order valence-electron chi connectivity index (χ4n) is 6.50. The maximum atomic E-state index is 5.99. The highest BCUT2D eigenvalue weighted by Gasteiger charge is 2.39. The number of benzene rings is 2. The van der Waals surface area contributed by atoms with Crippen molar-refractivity contribution in [3.05, 3.63) is 65.7 Å². The van der Waals surface area contributed by atoms with Crippen molar-refractivity contribution in [2.75, 3.05) is 28.4 Å². The van der Waals surface area contributed by atoms with Crippen LogP contribution in [0.5, 0.6) is 17.2 Å². The lowest BCUT2D eigenvalue weighted by molar-refractivity contribution is 0.128. The molecule has 2 atom stereocenters. The summed E-state index contributed by atoms with van der Waals surface area (Å²) in [5.41, 5.74) is 6.20. The summed E-state index contributed by atoms with van der Waals surface area (Å²) >= 11 is 0. The number of hydrogen-bond donors (Lipinski definition) is 2. The highest BCUT2D eigenvalue weighted by atomic mass is 16.5. The Bertz CT molecular complexity index is 1730. The Morgan fingerprint density at radius 2 is 1.45 bits per heavy atom. The van der Waals surface area contributed by atoms with Crippen molar-refractivity contribution < 1.29 is 18.9 Å². The number of piperidine rings is 1. The summed E-state index contributed by atoms with van der Waals surface area (Å²) in [5, 5.41) is 3.20. The molecule has 0 amide bonds. The van der Waals surface area contributed by atoms with Gasteiger partial charge in [0.25, 0.3) is 0 Å². The summed E-state index contributed by atoms with van der Waals surface area (Å²) in [6.45, 7) is 0. The summed E-state index contributed by atoms with van der Waals surface area (Å²) in [6.07, 6.45) is 7.10. The summed E-state index contributed by atoms with van der Waals surface area (Å²) in [5.74, 6) is 3.21. The van der Waals surface area contributed by atoms with E-state index >= 15 is 0 Å². The topological polar surface area (TPSA) is 84.6 Å². The first-order valence-corrected chi connectivity index (χ1v) is 12.9. The molecule has 8 nitrogen and oxygen atoms in total. The van der Waals surface area contributed by atoms with Crippen molar-refractivity contribution >= 4 is 38.5 Å². The average Bonchev–Trinajstić information content (AvgIpc) is 3.56. The van der Waals surface area contributed by atoms with Crippen LogP contribution in [0.2, 0.25) is 0 Å². The summed E-state index contributed by atoms with van der Waals surface area (Å²) in [7, 11) is 6.83. The van der Waals surface area contributed by atoms with Crippen molar-refractivity contribution in [2.24, 2.45) is 0 Å². The van der Waals surface area contributed by atoms with Gasteiger partial charge in [-0.3, -0.25) is 4.98 Å². The molecule has 0 saturated carbocycles. The number of rotatable bonds is 5. The Labute approximate surface area is 220 Å². The summed E-state index contributed by atoms with van der Waals surface area (Å²) in [6, 6.07) is 12.4. The van der Waals surface area contributed by atoms with E-state index in [0.717, 1.165) is 91.9 Å². The largest absolute Gasteiger partial charge is 0.495 e. The van der Waals surface area contributed by atoms with Crippen LogP contribution in [0, 0.1) is 0 Å². The van der Waals surface area contributed by atoms with E-state index in [4.69, 9.17) is 23.9 Å². The molecule has 1 saturated heterocycles. The average molecular weight is 511 g/mol. The lowest BCUT2D eigenvalue weighted by atomic mass is 9.87. The van der Waals surface area contributed by atoms with Crippen LogP contribution < -0.4 is 14.2 Å². The quantitative estimate of drug-likeness (QED) is 0.283. The fraction of sp³-hybridized carbons (Fsp3) is 0.300. The van der Waals surface area contributed by atoms with Crippen LogP contribution in [0.3, 0.4) is 0 Å². The predicted octanol–water partition coefficient (Wildman–Crippen LogP) is 6.45. The number of nitrogens with zero attached hydrogens (tertiary/aromatic N) is 2. The Balaban J connectivity index is 1.43. The van der Waals surface area contributed by atoms with Gasteiger partial charge in [0, 0.05) is 28.2 Å². The molecule has 7 rings (SSSR count). The van der Waals surface area contributed by atoms with E-state index in [-0.39, 0.29) is 12.1 Å². The molecule has 2 aromatic carbocycles. The smallest absolute Gasteiger partial charge is 0.147 e. The van der Waals surface area contributed by atoms with Gasteiger partial charge in [0.2, 0.25) is 0 Å². The van der Waals surface area contributed by atoms with E-state index in [2.05, 4.69) is 33.2 Å². The molecule has 0 bridgehead atoms. The summed E-state index contributed by atoms with van der Waals surface area (Å²) in [4.78, 5) is 14.8. The minimum Gasteiger partial charge on any atom is -0.495 e. The zero-order valence-electron chi connectivity index (χ0n) is 21.9. The van der Waals surface area contributed by atoms with Gasteiger partial charge in [-0.1, -0.05) is 24.3 Å². The number of aromatic nitrogens is 3. The number of para-hydroxylation sites is 2. The van der Waals surface area contributed by atoms with Gasteiger partial charge in [-0.25, -0.2) is 0 Å². The van der Waals surface area contributed by atoms with Crippen LogP contribution in [-0.4, -0.2) is 48.3 Å². The molecule has 2 aliphatic rings. The van der Waals surface area contributed by atoms with E-state index in [0.29, 0.717) is 0 Å². The van der Waals surface area contributed by atoms with Gasteiger partial charge in [0.15, 0.2) is 0 Å². The highest BCUT2D eigenvalue weighted by molar-refractivity contribution is 6.12. The third-order valence-electron chi connectivity index (χ3n) is 8.16. The predicted molar refractivity (Wildman–Crippen MR) is 148 cm³/mol. The molecule has 0 aliphatic carbocycles. The van der Waals surface area contributed by atoms with Gasteiger partial charge in [0.05, 0.1) is 74.3 Å². The fourth-order valence-corrected chi connectivity index (χ4v) is 6.50. The zero-order chi connectivity index (χ0) is 26.0. The Morgan fingerprint density at radius 1 is 0.763 bits per heavy atom. The van der Waals surface area contributed by atoms with Crippen molar-refractivity contribution in [3.8, 4) is 17.2 Å². The van der Waals surface area contributed by atoms with Crippen LogP contribution in [0.1, 0.15) is 48.3 Å². The highest BCUT2D eigenvalue weighted by Crippen LogP contribution is 2.51. The van der Waals surface area contributed by atoms with Gasteiger partial charge < -0.3 is 33.8 Å². The molecule has 8 heteroatoms. The van der Waals surface area contributed by atoms with Crippen molar-refractivity contribution in [1.82, 2.24) is 19.9 Å². The van der Waals surface area contributed by atoms with E-state index in [1.54, 1.807) is 28.4 Å². The van der Waals surface area contributed by atoms with E-state index in [1.165, 1.54) is 0 Å². The first-order valence-electron chi connectivity index (χ1n) is 12.9. The molecule has 0 spiro atoms. The number of nitrogens with one attached hydrogen (secondary N) is 2. The van der Waals surface area contributed by atoms with Crippen LogP contribution in [0.25, 0.3) is 38.5 Å². The molecule has 38 heavy (non-hydrogen) atoms. The molecule has 2 N–H and O–H groups in total. The van der Waals surface area contributed by atoms with Gasteiger partial charge in [-0.2, -0.15) is 0 Å². The second-order valence-electron chi connectivity index (χ2n) is 9.87. The Hall–Kier alpha value is -4.33. The number of H-pyrrole nitrogens is 2. The normalized spacial score (nSPS) is 18.8. The standard InChI is InChI=1S/C30H30N4O4/c1-35-20-12-6-9-17-25-23(38-4)15-34-18(28(25)32-26(17)20)10-7-11-19(34)29-30-24(22(37-3)14-31-29)16-8-5-13-21(36-2)27(16)33-30/h5-6,8-9,12-15,18-19,32-33H,7,10-11H2,1-4H3. The molecule has 2 unspecified atom stereocenters. The van der Waals surface area contributed by atoms with Crippen molar-refractivity contribution in [3.63, 3.8) is 0 Å². The number of methoxy groups -OCH3 is 4. The third kappa shape index (κ3) is 3.06. The monoisotopic (exact) mass is 510 g/mol. The number of pyridine rings is 1. The molecule has 1 fully saturated rings. The van der Waals surface area contributed by atoms with Crippen LogP contribution in [0.15, 0.2) is 48.8 Å². The van der Waals surface area contributed by atoms with Crippen LogP contribution in [0.4, 0.5) is 0 Å². The number of hydrogen-bond acceptors (Lipinski definition) is 6. The molecule has 3 aromatic heterocycles. The number of fused-ring (bicyclic) bond motifs is 8.